The van der Waals surface area contributed by atoms with Crippen LogP contribution in [0, 0.1) is 0 Å². The minimum Gasteiger partial charge on any atom is -0.399 e. The number of hydrogen-bond acceptors (Lipinski definition) is 2. The molecule has 2 N–H and O–H groups in total. The molecular weight excluding hydrogens is 340 g/mol. The monoisotopic (exact) mass is 362 g/mol. The number of fused-ring (bicyclic) bond motifs is 3. The van der Waals surface area contributed by atoms with E-state index in [0.29, 0.717) is 0 Å². The molecule has 2 nitrogen and oxygen atoms in total. The van der Waals surface area contributed by atoms with Gasteiger partial charge in [0.1, 0.15) is 0 Å². The summed E-state index contributed by atoms with van der Waals surface area (Å²) in [6.07, 6.45) is 3.66. The molecule has 136 valence electrons. The number of hydrogen-bond donors (Lipinski definition) is 1. The van der Waals surface area contributed by atoms with Crippen molar-refractivity contribution >= 4 is 5.69 Å². The van der Waals surface area contributed by atoms with Gasteiger partial charge in [-0.2, -0.15) is 0 Å². The predicted molar refractivity (Wildman–Crippen MR) is 117 cm³/mol. The molecule has 0 bridgehead atoms. The van der Waals surface area contributed by atoms with E-state index in [4.69, 9.17) is 5.73 Å². The fourth-order valence-electron chi connectivity index (χ4n) is 4.33. The minimum absolute atomic E-state index is 0.0486. The predicted octanol–water partition coefficient (Wildman–Crippen LogP) is 6.30. The number of aromatic nitrogens is 1. The third kappa shape index (κ3) is 2.53. The van der Waals surface area contributed by atoms with Crippen LogP contribution in [0.1, 0.15) is 25.0 Å². The highest BCUT2D eigenvalue weighted by atomic mass is 14.6. The van der Waals surface area contributed by atoms with Crippen LogP contribution in [0.25, 0.3) is 33.4 Å². The molecule has 2 heteroatoms. The highest BCUT2D eigenvalue weighted by Gasteiger charge is 2.35. The summed E-state index contributed by atoms with van der Waals surface area (Å²) in [7, 11) is 0. The number of benzene rings is 3. The summed E-state index contributed by atoms with van der Waals surface area (Å²) in [4.78, 5) is 4.10. The molecule has 0 radical (unpaired) electrons. The molecule has 1 aromatic heterocycles. The van der Waals surface area contributed by atoms with Crippen LogP contribution < -0.4 is 5.73 Å². The van der Waals surface area contributed by atoms with E-state index in [1.165, 1.54) is 44.5 Å². The maximum atomic E-state index is 6.07. The second kappa shape index (κ2) is 6.07. The third-order valence-electron chi connectivity index (χ3n) is 5.93. The average Bonchev–Trinajstić information content (AvgIpc) is 2.95. The van der Waals surface area contributed by atoms with Crippen LogP contribution >= 0.6 is 0 Å². The van der Waals surface area contributed by atoms with E-state index in [9.17, 15) is 0 Å². The van der Waals surface area contributed by atoms with E-state index in [1.54, 1.807) is 0 Å². The summed E-state index contributed by atoms with van der Waals surface area (Å²) in [6, 6.07) is 25.9. The van der Waals surface area contributed by atoms with E-state index < -0.39 is 0 Å². The first kappa shape index (κ1) is 16.8. The van der Waals surface area contributed by atoms with E-state index in [1.807, 2.05) is 30.6 Å². The first-order chi connectivity index (χ1) is 13.5. The SMILES string of the molecule is CC1(C)c2cc(N)ccc2-c2ccc(-c3ccc(-c4ccncc4)cc3)cc21. The van der Waals surface area contributed by atoms with Crippen LogP contribution in [0.5, 0.6) is 0 Å². The molecule has 5 rings (SSSR count). The molecule has 0 atom stereocenters. The van der Waals surface area contributed by atoms with Gasteiger partial charge in [-0.1, -0.05) is 56.3 Å². The molecule has 0 spiro atoms. The number of nitrogen functional groups attached to an aromatic ring is 1. The van der Waals surface area contributed by atoms with Gasteiger partial charge >= 0.3 is 0 Å². The van der Waals surface area contributed by atoms with Crippen molar-refractivity contribution in [3.05, 3.63) is 96.3 Å². The number of nitrogens with two attached hydrogens (primary N) is 1. The Balaban J connectivity index is 1.56. The first-order valence-corrected chi connectivity index (χ1v) is 9.60. The van der Waals surface area contributed by atoms with Crippen molar-refractivity contribution < 1.29 is 0 Å². The highest BCUT2D eigenvalue weighted by molar-refractivity contribution is 5.85. The van der Waals surface area contributed by atoms with Gasteiger partial charge in [0.15, 0.2) is 0 Å². The summed E-state index contributed by atoms with van der Waals surface area (Å²) >= 11 is 0. The molecule has 3 aromatic carbocycles. The topological polar surface area (TPSA) is 38.9 Å². The molecule has 0 saturated heterocycles. The Labute approximate surface area is 165 Å². The first-order valence-electron chi connectivity index (χ1n) is 9.60. The van der Waals surface area contributed by atoms with Crippen LogP contribution in [0.4, 0.5) is 5.69 Å². The number of nitrogens with zero attached hydrogens (tertiary/aromatic N) is 1. The second-order valence-electron chi connectivity index (χ2n) is 8.00. The van der Waals surface area contributed by atoms with Crippen molar-refractivity contribution in [2.45, 2.75) is 19.3 Å². The zero-order valence-electron chi connectivity index (χ0n) is 16.1. The van der Waals surface area contributed by atoms with Gasteiger partial charge in [0.25, 0.3) is 0 Å². The molecule has 0 amide bonds. The van der Waals surface area contributed by atoms with Crippen molar-refractivity contribution in [2.75, 3.05) is 5.73 Å². The zero-order valence-corrected chi connectivity index (χ0v) is 16.1. The van der Waals surface area contributed by atoms with E-state index in [-0.39, 0.29) is 5.41 Å². The van der Waals surface area contributed by atoms with Gasteiger partial charge in [-0.05, 0) is 74.8 Å². The van der Waals surface area contributed by atoms with Gasteiger partial charge in [0.2, 0.25) is 0 Å². The van der Waals surface area contributed by atoms with Crippen molar-refractivity contribution in [3.63, 3.8) is 0 Å². The third-order valence-corrected chi connectivity index (χ3v) is 5.93. The molecule has 0 saturated carbocycles. The number of pyridine rings is 1. The largest absolute Gasteiger partial charge is 0.399 e. The van der Waals surface area contributed by atoms with Gasteiger partial charge in [0, 0.05) is 23.5 Å². The van der Waals surface area contributed by atoms with Crippen molar-refractivity contribution in [3.8, 4) is 33.4 Å². The lowest BCUT2D eigenvalue weighted by Crippen LogP contribution is -2.15. The van der Waals surface area contributed by atoms with Crippen molar-refractivity contribution in [1.29, 1.82) is 0 Å². The van der Waals surface area contributed by atoms with E-state index in [2.05, 4.69) is 73.4 Å². The summed E-state index contributed by atoms with van der Waals surface area (Å²) in [5.41, 5.74) is 17.0. The van der Waals surface area contributed by atoms with Gasteiger partial charge in [-0.3, -0.25) is 4.98 Å². The standard InChI is InChI=1S/C26H22N2/c1-26(2)24-15-20(7-9-22(24)23-10-8-21(27)16-25(23)26)18-5-3-17(4-6-18)19-11-13-28-14-12-19/h3-16H,27H2,1-2H3. The average molecular weight is 362 g/mol. The Bertz CT molecular complexity index is 1170. The molecule has 0 aliphatic heterocycles. The van der Waals surface area contributed by atoms with Crippen LogP contribution in [0.15, 0.2) is 85.2 Å². The fourth-order valence-corrected chi connectivity index (χ4v) is 4.33. The highest BCUT2D eigenvalue weighted by Crippen LogP contribution is 2.50. The Morgan fingerprint density at radius 1 is 0.607 bits per heavy atom. The van der Waals surface area contributed by atoms with Gasteiger partial charge in [-0.25, -0.2) is 0 Å². The molecule has 28 heavy (non-hydrogen) atoms. The molecule has 0 fully saturated rings. The Morgan fingerprint density at radius 3 is 1.79 bits per heavy atom. The summed E-state index contributed by atoms with van der Waals surface area (Å²) in [5, 5.41) is 0. The fraction of sp³-hybridized carbons (Fsp3) is 0.115. The lowest BCUT2D eigenvalue weighted by atomic mass is 9.81. The lowest BCUT2D eigenvalue weighted by molar-refractivity contribution is 0.661. The maximum absolute atomic E-state index is 6.07. The zero-order chi connectivity index (χ0) is 19.3. The quantitative estimate of drug-likeness (QED) is 0.425. The summed E-state index contributed by atoms with van der Waals surface area (Å²) in [6.45, 7) is 4.57. The molecular formula is C26H22N2. The van der Waals surface area contributed by atoms with Crippen LogP contribution in [-0.2, 0) is 5.41 Å². The second-order valence-corrected chi connectivity index (χ2v) is 8.00. The van der Waals surface area contributed by atoms with E-state index >= 15 is 0 Å². The van der Waals surface area contributed by atoms with Crippen LogP contribution in [0.2, 0.25) is 0 Å². The normalized spacial score (nSPS) is 13.8. The molecule has 4 aromatic rings. The maximum Gasteiger partial charge on any atom is 0.0317 e. The smallest absolute Gasteiger partial charge is 0.0317 e. The van der Waals surface area contributed by atoms with Gasteiger partial charge in [-0.15, -0.1) is 0 Å². The molecule has 0 unspecified atom stereocenters. The summed E-state index contributed by atoms with van der Waals surface area (Å²) in [5.74, 6) is 0. The Hall–Kier alpha value is -3.39. The molecule has 1 heterocycles. The van der Waals surface area contributed by atoms with Crippen LogP contribution in [0.3, 0.4) is 0 Å². The van der Waals surface area contributed by atoms with Crippen molar-refractivity contribution in [1.82, 2.24) is 4.98 Å². The number of anilines is 1. The van der Waals surface area contributed by atoms with Gasteiger partial charge < -0.3 is 5.73 Å². The Morgan fingerprint density at radius 2 is 1.11 bits per heavy atom. The molecule has 1 aliphatic carbocycles. The van der Waals surface area contributed by atoms with Crippen LogP contribution in [-0.4, -0.2) is 4.98 Å². The lowest BCUT2D eigenvalue weighted by Gasteiger charge is -2.22. The Kier molecular flexibility index (Phi) is 3.63. The minimum atomic E-state index is -0.0486. The summed E-state index contributed by atoms with van der Waals surface area (Å²) < 4.78 is 0. The number of rotatable bonds is 2. The van der Waals surface area contributed by atoms with E-state index in [0.717, 1.165) is 5.69 Å². The van der Waals surface area contributed by atoms with Gasteiger partial charge in [0.05, 0.1) is 0 Å². The van der Waals surface area contributed by atoms with Crippen molar-refractivity contribution in [2.24, 2.45) is 0 Å². The molecule has 1 aliphatic rings.